The maximum Gasteiger partial charge on any atom is 0.237 e. The van der Waals surface area contributed by atoms with E-state index >= 15 is 0 Å². The topological polar surface area (TPSA) is 84.0 Å². The lowest BCUT2D eigenvalue weighted by atomic mass is 9.83. The van der Waals surface area contributed by atoms with Crippen LogP contribution in [0.15, 0.2) is 40.1 Å². The van der Waals surface area contributed by atoms with Crippen molar-refractivity contribution >= 4 is 57.1 Å². The van der Waals surface area contributed by atoms with Gasteiger partial charge in [-0.3, -0.25) is 14.9 Å². The van der Waals surface area contributed by atoms with Gasteiger partial charge in [0.15, 0.2) is 4.34 Å². The van der Waals surface area contributed by atoms with E-state index in [-0.39, 0.29) is 17.6 Å². The van der Waals surface area contributed by atoms with Crippen molar-refractivity contribution in [1.82, 2.24) is 10.2 Å². The number of hydrogen-bond acceptors (Lipinski definition) is 7. The first-order valence-electron chi connectivity index (χ1n) is 10.2. The number of thioether (sulfide) groups is 1. The molecule has 0 bridgehead atoms. The number of anilines is 2. The molecule has 9 heteroatoms. The van der Waals surface area contributed by atoms with Crippen LogP contribution in [0, 0.1) is 13.8 Å². The summed E-state index contributed by atoms with van der Waals surface area (Å²) in [5.74, 6) is 0.129. The van der Waals surface area contributed by atoms with Crippen LogP contribution in [-0.2, 0) is 15.0 Å². The van der Waals surface area contributed by atoms with Crippen LogP contribution in [0.1, 0.15) is 41.7 Å². The molecule has 1 aliphatic rings. The van der Waals surface area contributed by atoms with Crippen LogP contribution in [0.2, 0.25) is 0 Å². The number of amides is 2. The van der Waals surface area contributed by atoms with Crippen molar-refractivity contribution in [2.75, 3.05) is 16.4 Å². The van der Waals surface area contributed by atoms with Gasteiger partial charge in [0.05, 0.1) is 11.2 Å². The highest BCUT2D eigenvalue weighted by Crippen LogP contribution is 2.44. The lowest BCUT2D eigenvalue weighted by molar-refractivity contribution is -0.121. The third kappa shape index (κ3) is 4.83. The molecule has 1 aromatic carbocycles. The maximum absolute atomic E-state index is 13.1. The molecule has 4 rings (SSSR count). The molecule has 2 N–H and O–H groups in total. The van der Waals surface area contributed by atoms with Crippen molar-refractivity contribution in [3.63, 3.8) is 0 Å². The third-order valence-electron chi connectivity index (χ3n) is 5.72. The van der Waals surface area contributed by atoms with Gasteiger partial charge in [0, 0.05) is 10.6 Å². The van der Waals surface area contributed by atoms with Crippen molar-refractivity contribution in [2.45, 2.75) is 49.3 Å². The summed E-state index contributed by atoms with van der Waals surface area (Å²) in [5.41, 5.74) is 2.57. The summed E-state index contributed by atoms with van der Waals surface area (Å²) in [6.07, 6.45) is 3.83. The molecule has 2 aromatic heterocycles. The van der Waals surface area contributed by atoms with Crippen molar-refractivity contribution in [3.05, 3.63) is 51.7 Å². The van der Waals surface area contributed by atoms with E-state index in [1.165, 1.54) is 23.1 Å². The van der Waals surface area contributed by atoms with Crippen LogP contribution in [0.5, 0.6) is 0 Å². The minimum absolute atomic E-state index is 0.00665. The average molecular weight is 473 g/mol. The molecule has 31 heavy (non-hydrogen) atoms. The van der Waals surface area contributed by atoms with E-state index in [1.807, 2.05) is 49.6 Å². The Balaban J connectivity index is 1.35. The predicted molar refractivity (Wildman–Crippen MR) is 128 cm³/mol. The van der Waals surface area contributed by atoms with Crippen LogP contribution in [0.3, 0.4) is 0 Å². The zero-order valence-electron chi connectivity index (χ0n) is 17.4. The summed E-state index contributed by atoms with van der Waals surface area (Å²) in [5, 5.41) is 16.7. The second-order valence-corrected chi connectivity index (χ2v) is 10.8. The van der Waals surface area contributed by atoms with Gasteiger partial charge >= 0.3 is 0 Å². The van der Waals surface area contributed by atoms with Crippen molar-refractivity contribution in [2.24, 2.45) is 0 Å². The standard InChI is InChI=1S/C22H24N4O2S3/c1-14-7-5-8-16(15(14)2)23-18(27)13-30-21-26-25-20(31-21)24-19(28)22(10-3-4-11-22)17-9-6-12-29-17/h5-9,12H,3-4,10-11,13H2,1-2H3,(H,23,27)(H,24,25,28). The first kappa shape index (κ1) is 22.0. The Morgan fingerprint density at radius 3 is 2.65 bits per heavy atom. The van der Waals surface area contributed by atoms with E-state index in [9.17, 15) is 9.59 Å². The van der Waals surface area contributed by atoms with Gasteiger partial charge in [-0.05, 0) is 55.3 Å². The third-order valence-corrected chi connectivity index (χ3v) is 8.76. The number of hydrogen-bond donors (Lipinski definition) is 2. The predicted octanol–water partition coefficient (Wildman–Crippen LogP) is 5.40. The van der Waals surface area contributed by atoms with Crippen LogP contribution < -0.4 is 10.6 Å². The van der Waals surface area contributed by atoms with Crippen LogP contribution in [0.25, 0.3) is 0 Å². The molecule has 0 atom stereocenters. The monoisotopic (exact) mass is 472 g/mol. The number of aryl methyl sites for hydroxylation is 1. The Bertz CT molecular complexity index is 1070. The van der Waals surface area contributed by atoms with E-state index < -0.39 is 5.41 Å². The Labute approximate surface area is 193 Å². The number of carbonyl (C=O) groups is 2. The van der Waals surface area contributed by atoms with Gasteiger partial charge in [-0.25, -0.2) is 0 Å². The molecule has 6 nitrogen and oxygen atoms in total. The molecule has 0 aliphatic heterocycles. The molecule has 1 aliphatic carbocycles. The fourth-order valence-electron chi connectivity index (χ4n) is 3.85. The molecular formula is C22H24N4O2S3. The highest BCUT2D eigenvalue weighted by atomic mass is 32.2. The summed E-state index contributed by atoms with van der Waals surface area (Å²) >= 11 is 4.26. The zero-order chi connectivity index (χ0) is 21.8. The zero-order valence-corrected chi connectivity index (χ0v) is 19.9. The molecule has 3 aromatic rings. The highest BCUT2D eigenvalue weighted by Gasteiger charge is 2.43. The Hall–Kier alpha value is -2.23. The van der Waals surface area contributed by atoms with Gasteiger partial charge in [0.1, 0.15) is 0 Å². The van der Waals surface area contributed by atoms with Crippen LogP contribution >= 0.6 is 34.4 Å². The summed E-state index contributed by atoms with van der Waals surface area (Å²) < 4.78 is 0.656. The minimum Gasteiger partial charge on any atom is -0.325 e. The number of rotatable bonds is 7. The van der Waals surface area contributed by atoms with E-state index in [0.717, 1.165) is 47.4 Å². The molecule has 2 amide bonds. The Kier molecular flexibility index (Phi) is 6.74. The van der Waals surface area contributed by atoms with Gasteiger partial charge in [-0.1, -0.05) is 54.1 Å². The molecule has 2 heterocycles. The van der Waals surface area contributed by atoms with Gasteiger partial charge in [-0.2, -0.15) is 0 Å². The fraction of sp³-hybridized carbons (Fsp3) is 0.364. The van der Waals surface area contributed by atoms with Crippen LogP contribution in [-0.4, -0.2) is 27.8 Å². The molecule has 0 saturated heterocycles. The number of benzene rings is 1. The second-order valence-electron chi connectivity index (χ2n) is 7.68. The molecule has 0 spiro atoms. The van der Waals surface area contributed by atoms with E-state index in [2.05, 4.69) is 20.8 Å². The summed E-state index contributed by atoms with van der Waals surface area (Å²) in [6.45, 7) is 4.01. The van der Waals surface area contributed by atoms with Crippen molar-refractivity contribution in [1.29, 1.82) is 0 Å². The average Bonchev–Trinajstić information content (AvgIpc) is 3.52. The van der Waals surface area contributed by atoms with E-state index in [1.54, 1.807) is 11.3 Å². The van der Waals surface area contributed by atoms with Gasteiger partial charge in [0.25, 0.3) is 0 Å². The lowest BCUT2D eigenvalue weighted by Gasteiger charge is -2.25. The maximum atomic E-state index is 13.1. The SMILES string of the molecule is Cc1cccc(NC(=O)CSc2nnc(NC(=O)C3(c4cccs4)CCCC3)s2)c1C. The summed E-state index contributed by atoms with van der Waals surface area (Å²) in [7, 11) is 0. The number of thiophene rings is 1. The second kappa shape index (κ2) is 9.50. The molecule has 1 fully saturated rings. The first-order valence-corrected chi connectivity index (χ1v) is 12.8. The normalized spacial score (nSPS) is 15.0. The minimum atomic E-state index is -0.460. The summed E-state index contributed by atoms with van der Waals surface area (Å²) in [6, 6.07) is 9.89. The number of nitrogens with zero attached hydrogens (tertiary/aromatic N) is 2. The lowest BCUT2D eigenvalue weighted by Crippen LogP contribution is -2.37. The quantitative estimate of drug-likeness (QED) is 0.355. The number of carbonyl (C=O) groups excluding carboxylic acids is 2. The largest absolute Gasteiger partial charge is 0.325 e. The number of aromatic nitrogens is 2. The Morgan fingerprint density at radius 1 is 1.10 bits per heavy atom. The molecule has 1 saturated carbocycles. The first-order chi connectivity index (χ1) is 15.0. The molecule has 0 radical (unpaired) electrons. The fourth-order valence-corrected chi connectivity index (χ4v) is 6.38. The van der Waals surface area contributed by atoms with Gasteiger partial charge in [0.2, 0.25) is 16.9 Å². The number of nitrogens with one attached hydrogen (secondary N) is 2. The highest BCUT2D eigenvalue weighted by molar-refractivity contribution is 8.01. The summed E-state index contributed by atoms with van der Waals surface area (Å²) in [4.78, 5) is 26.6. The van der Waals surface area contributed by atoms with Crippen LogP contribution in [0.4, 0.5) is 10.8 Å². The molecular weight excluding hydrogens is 448 g/mol. The smallest absolute Gasteiger partial charge is 0.237 e. The molecule has 0 unspecified atom stereocenters. The Morgan fingerprint density at radius 2 is 1.90 bits per heavy atom. The molecule has 162 valence electrons. The van der Waals surface area contributed by atoms with E-state index in [0.29, 0.717) is 9.47 Å². The van der Waals surface area contributed by atoms with Crippen molar-refractivity contribution in [3.8, 4) is 0 Å². The van der Waals surface area contributed by atoms with Gasteiger partial charge < -0.3 is 5.32 Å². The van der Waals surface area contributed by atoms with Gasteiger partial charge in [-0.15, -0.1) is 21.5 Å². The van der Waals surface area contributed by atoms with Crippen molar-refractivity contribution < 1.29 is 9.59 Å². The van der Waals surface area contributed by atoms with E-state index in [4.69, 9.17) is 0 Å².